The first-order valence-electron chi connectivity index (χ1n) is 14.3. The molecule has 0 fully saturated rings. The van der Waals surface area contributed by atoms with Crippen LogP contribution < -0.4 is 0 Å². The largest absolute Gasteiger partial charge is 0.260 e. The first-order chi connectivity index (χ1) is 17.2. The Morgan fingerprint density at radius 3 is 2.31 bits per heavy atom. The third-order valence-corrected chi connectivity index (χ3v) is 7.73. The number of hydrogen-bond acceptors (Lipinski definition) is 1. The van der Waals surface area contributed by atoms with Crippen molar-refractivity contribution >= 4 is 14.2 Å². The summed E-state index contributed by atoms with van der Waals surface area (Å²) in [5, 5.41) is 0. The Bertz CT molecular complexity index is 792. The van der Waals surface area contributed by atoms with Crippen LogP contribution in [0.25, 0.3) is 5.57 Å². The zero-order valence-corrected chi connectivity index (χ0v) is 25.2. The highest BCUT2D eigenvalue weighted by atomic mass is 31.1. The molecule has 0 saturated carbocycles. The van der Waals surface area contributed by atoms with Crippen LogP contribution in [0, 0.1) is 24.7 Å². The Hall–Kier alpha value is -1.64. The van der Waals surface area contributed by atoms with Crippen LogP contribution in [0.5, 0.6) is 0 Å². The molecule has 2 heteroatoms. The van der Waals surface area contributed by atoms with Crippen LogP contribution in [0.2, 0.25) is 0 Å². The summed E-state index contributed by atoms with van der Waals surface area (Å²) in [7, 11) is 1.11. The van der Waals surface area contributed by atoms with E-state index in [9.17, 15) is 0 Å². The van der Waals surface area contributed by atoms with E-state index in [1.54, 1.807) is 16.7 Å². The fraction of sp³-hybridized carbons (Fsp3) is 0.606. The number of fused-ring (bicyclic) bond motifs is 1. The summed E-state index contributed by atoms with van der Waals surface area (Å²) in [5.74, 6) is 1.78. The van der Waals surface area contributed by atoms with Crippen molar-refractivity contribution in [3.8, 4) is 12.8 Å². The Morgan fingerprint density at radius 2 is 1.71 bits per heavy atom. The van der Waals surface area contributed by atoms with Crippen LogP contribution in [0.1, 0.15) is 118 Å². The van der Waals surface area contributed by atoms with E-state index in [-0.39, 0.29) is 0 Å². The van der Waals surface area contributed by atoms with Gasteiger partial charge in [-0.3, -0.25) is 4.98 Å². The molecule has 1 aromatic heterocycles. The fourth-order valence-electron chi connectivity index (χ4n) is 5.21. The Morgan fingerprint density at radius 1 is 1.06 bits per heavy atom. The van der Waals surface area contributed by atoms with E-state index < -0.39 is 0 Å². The first kappa shape index (κ1) is 33.4. The highest BCUT2D eigenvalue weighted by molar-refractivity contribution is 7.37. The second kappa shape index (κ2) is 20.5. The fourth-order valence-corrected chi connectivity index (χ4v) is 5.99. The first-order valence-corrected chi connectivity index (χ1v) is 15.7. The van der Waals surface area contributed by atoms with Crippen molar-refractivity contribution in [1.29, 1.82) is 0 Å². The summed E-state index contributed by atoms with van der Waals surface area (Å²) >= 11 is 0. The third kappa shape index (κ3) is 10.1. The summed E-state index contributed by atoms with van der Waals surface area (Å²) in [5.41, 5.74) is 7.49. The van der Waals surface area contributed by atoms with Crippen LogP contribution in [-0.2, 0) is 0 Å². The summed E-state index contributed by atoms with van der Waals surface area (Å²) < 4.78 is 0. The molecule has 0 spiro atoms. The predicted molar refractivity (Wildman–Crippen MR) is 164 cm³/mol. The molecule has 0 N–H and O–H groups in total. The Kier molecular flexibility index (Phi) is 19.6. The molecule has 0 bridgehead atoms. The third-order valence-electron chi connectivity index (χ3n) is 6.52. The van der Waals surface area contributed by atoms with Gasteiger partial charge in [0.05, 0.1) is 5.69 Å². The van der Waals surface area contributed by atoms with Crippen molar-refractivity contribution < 1.29 is 0 Å². The second-order valence-corrected chi connectivity index (χ2v) is 10.6. The van der Waals surface area contributed by atoms with Crippen LogP contribution in [0.15, 0.2) is 47.7 Å². The van der Waals surface area contributed by atoms with Gasteiger partial charge in [0.15, 0.2) is 0 Å². The lowest BCUT2D eigenvalue weighted by molar-refractivity contribution is 0.388. The van der Waals surface area contributed by atoms with E-state index in [2.05, 4.69) is 70.9 Å². The molecule has 3 unspecified atom stereocenters. The van der Waals surface area contributed by atoms with Crippen LogP contribution in [-0.4, -0.2) is 17.3 Å². The number of rotatable bonds is 10. The molecule has 0 radical (unpaired) electrons. The summed E-state index contributed by atoms with van der Waals surface area (Å²) in [6.45, 7) is 17.3. The van der Waals surface area contributed by atoms with E-state index in [1.807, 2.05) is 33.9 Å². The van der Waals surface area contributed by atoms with E-state index in [0.29, 0.717) is 17.8 Å². The monoisotopic (exact) mass is 495 g/mol. The molecule has 35 heavy (non-hydrogen) atoms. The molecular formula is C33H54NP. The number of nitrogens with zero attached hydrogens (tertiary/aromatic N) is 1. The minimum Gasteiger partial charge on any atom is -0.260 e. The maximum absolute atomic E-state index is 5.04. The highest BCUT2D eigenvalue weighted by Gasteiger charge is 2.33. The van der Waals surface area contributed by atoms with Crippen molar-refractivity contribution in [2.45, 2.75) is 106 Å². The molecule has 3 atom stereocenters. The lowest BCUT2D eigenvalue weighted by Gasteiger charge is -2.31. The van der Waals surface area contributed by atoms with E-state index in [0.717, 1.165) is 8.58 Å². The van der Waals surface area contributed by atoms with Crippen molar-refractivity contribution in [3.05, 3.63) is 59.0 Å². The molecule has 0 amide bonds. The van der Waals surface area contributed by atoms with Gasteiger partial charge in [-0.15, -0.1) is 21.4 Å². The smallest absolute Gasteiger partial charge is 0.0556 e. The van der Waals surface area contributed by atoms with Gasteiger partial charge in [-0.25, -0.2) is 0 Å². The van der Waals surface area contributed by atoms with E-state index >= 15 is 0 Å². The Labute approximate surface area is 221 Å². The maximum atomic E-state index is 5.04. The number of aromatic nitrogens is 1. The van der Waals surface area contributed by atoms with Crippen LogP contribution in [0.3, 0.4) is 0 Å². The van der Waals surface area contributed by atoms with Crippen LogP contribution >= 0.6 is 8.58 Å². The predicted octanol–water partition coefficient (Wildman–Crippen LogP) is 10.5. The molecule has 3 rings (SSSR count). The summed E-state index contributed by atoms with van der Waals surface area (Å²) in [6, 6.07) is 4.50. The van der Waals surface area contributed by atoms with Crippen LogP contribution in [0.4, 0.5) is 0 Å². The lowest BCUT2D eigenvalue weighted by Crippen LogP contribution is -2.19. The molecular weight excluding hydrogens is 441 g/mol. The van der Waals surface area contributed by atoms with E-state index in [1.165, 1.54) is 68.5 Å². The maximum Gasteiger partial charge on any atom is 0.0556 e. The standard InChI is InChI=1S/C27H40NP.2C2H6.C2H2/c1-5-10-21(11-6-2)26-24-15-14-20(4)18-23(24)19-22(12-9-17-29-7-3)25-13-8-16-28-27(25)26;3*1-2/h8,13-16,19-21,26,29H,5-7,9-12,17-18H2,1-4H3;2*1-2H3;1-2H. The molecule has 1 aromatic rings. The van der Waals surface area contributed by atoms with Crippen molar-refractivity contribution in [1.82, 2.24) is 4.98 Å². The number of pyridine rings is 1. The molecule has 2 aliphatic rings. The van der Waals surface area contributed by atoms with Gasteiger partial charge in [-0.05, 0) is 84.6 Å². The normalized spacial score (nSPS) is 18.2. The summed E-state index contributed by atoms with van der Waals surface area (Å²) in [6.07, 6.45) is 29.0. The molecule has 1 nitrogen and oxygen atoms in total. The van der Waals surface area contributed by atoms with Gasteiger partial charge in [-0.2, -0.15) is 0 Å². The molecule has 1 heterocycles. The van der Waals surface area contributed by atoms with Gasteiger partial charge in [0, 0.05) is 12.1 Å². The van der Waals surface area contributed by atoms with E-state index in [4.69, 9.17) is 4.98 Å². The zero-order chi connectivity index (χ0) is 26.6. The topological polar surface area (TPSA) is 12.9 Å². The molecule has 196 valence electrons. The minimum atomic E-state index is 0.455. The van der Waals surface area contributed by atoms with Crippen molar-refractivity contribution in [2.75, 3.05) is 12.3 Å². The average molecular weight is 496 g/mol. The molecule has 2 aliphatic carbocycles. The minimum absolute atomic E-state index is 0.455. The van der Waals surface area contributed by atoms with Gasteiger partial charge in [0.25, 0.3) is 0 Å². The quantitative estimate of drug-likeness (QED) is 0.179. The van der Waals surface area contributed by atoms with Crippen molar-refractivity contribution in [3.63, 3.8) is 0 Å². The summed E-state index contributed by atoms with van der Waals surface area (Å²) in [4.78, 5) is 5.04. The van der Waals surface area contributed by atoms with Gasteiger partial charge in [0.1, 0.15) is 0 Å². The molecule has 0 saturated heterocycles. The average Bonchev–Trinajstić information content (AvgIpc) is 3.04. The van der Waals surface area contributed by atoms with Gasteiger partial charge in [-0.1, -0.05) is 92.5 Å². The second-order valence-electron chi connectivity index (χ2n) is 8.90. The number of allylic oxidation sites excluding steroid dienone is 6. The highest BCUT2D eigenvalue weighted by Crippen LogP contribution is 2.47. The van der Waals surface area contributed by atoms with Gasteiger partial charge >= 0.3 is 0 Å². The SMILES string of the molecule is C#C.CC.CC.CCCC(CCC)C1C2=C(C=C(CCCPCC)c3cccnc31)CC(C)C=C2. The number of terminal acetylenes is 1. The van der Waals surface area contributed by atoms with Gasteiger partial charge in [0.2, 0.25) is 0 Å². The van der Waals surface area contributed by atoms with Crippen molar-refractivity contribution in [2.24, 2.45) is 11.8 Å². The Balaban J connectivity index is 0.00000179. The lowest BCUT2D eigenvalue weighted by atomic mass is 9.74. The molecule has 0 aliphatic heterocycles. The molecule has 0 aromatic carbocycles. The van der Waals surface area contributed by atoms with Gasteiger partial charge < -0.3 is 0 Å². The number of hydrogen-bond donors (Lipinski definition) is 0. The zero-order valence-electron chi connectivity index (χ0n) is 24.2.